The first-order valence-electron chi connectivity index (χ1n) is 10.3. The van der Waals surface area contributed by atoms with E-state index < -0.39 is 24.1 Å². The standard InChI is InChI=1S/C24H29N3O4/c1-18(2)13-22(31-24(29)26-15-19-9-5-3-6-10-19)23(28)27-21(14-25)17-30-16-20-11-7-4-8-12-20/h3-12,18,21-22H,13,15-17H2,1-2H3,(H,26,29)(H,27,28)/t21-,22+/m1/s1. The normalized spacial score (nSPS) is 12.5. The smallest absolute Gasteiger partial charge is 0.408 e. The lowest BCUT2D eigenvalue weighted by atomic mass is 10.1. The summed E-state index contributed by atoms with van der Waals surface area (Å²) in [5.74, 6) is -0.397. The van der Waals surface area contributed by atoms with Crippen molar-refractivity contribution in [3.8, 4) is 6.07 Å². The third-order valence-electron chi connectivity index (χ3n) is 4.38. The number of carbonyl (C=O) groups is 2. The first-order chi connectivity index (χ1) is 15.0. The maximum absolute atomic E-state index is 12.7. The topological polar surface area (TPSA) is 100 Å². The second-order valence-electron chi connectivity index (χ2n) is 7.55. The summed E-state index contributed by atoms with van der Waals surface area (Å²) >= 11 is 0. The van der Waals surface area contributed by atoms with E-state index in [2.05, 4.69) is 10.6 Å². The molecule has 31 heavy (non-hydrogen) atoms. The number of rotatable bonds is 11. The molecular weight excluding hydrogens is 394 g/mol. The predicted octanol–water partition coefficient (Wildman–Crippen LogP) is 3.55. The Labute approximate surface area is 183 Å². The second-order valence-corrected chi connectivity index (χ2v) is 7.55. The first-order valence-corrected chi connectivity index (χ1v) is 10.3. The highest BCUT2D eigenvalue weighted by Gasteiger charge is 2.26. The van der Waals surface area contributed by atoms with Gasteiger partial charge in [-0.2, -0.15) is 5.26 Å². The van der Waals surface area contributed by atoms with Crippen LogP contribution in [0.3, 0.4) is 0 Å². The number of benzene rings is 2. The van der Waals surface area contributed by atoms with Crippen LogP contribution in [-0.4, -0.2) is 30.8 Å². The summed E-state index contributed by atoms with van der Waals surface area (Å²) in [5, 5.41) is 14.6. The SMILES string of the molecule is CC(C)C[C@H](OC(=O)NCc1ccccc1)C(=O)N[C@H](C#N)COCc1ccccc1. The van der Waals surface area contributed by atoms with Crippen LogP contribution in [0, 0.1) is 17.2 Å². The zero-order valence-corrected chi connectivity index (χ0v) is 17.9. The molecule has 0 fully saturated rings. The lowest BCUT2D eigenvalue weighted by Gasteiger charge is -2.21. The Morgan fingerprint density at radius 3 is 2.19 bits per heavy atom. The largest absolute Gasteiger partial charge is 0.436 e. The van der Waals surface area contributed by atoms with Gasteiger partial charge in [0.05, 0.1) is 19.3 Å². The van der Waals surface area contributed by atoms with Gasteiger partial charge in [0, 0.05) is 6.54 Å². The van der Waals surface area contributed by atoms with Crippen molar-refractivity contribution in [3.05, 3.63) is 71.8 Å². The molecule has 7 heteroatoms. The van der Waals surface area contributed by atoms with Gasteiger partial charge in [-0.15, -0.1) is 0 Å². The molecule has 2 aromatic carbocycles. The molecule has 0 aliphatic carbocycles. The van der Waals surface area contributed by atoms with Gasteiger partial charge >= 0.3 is 6.09 Å². The summed E-state index contributed by atoms with van der Waals surface area (Å²) < 4.78 is 10.9. The van der Waals surface area contributed by atoms with E-state index >= 15 is 0 Å². The fourth-order valence-electron chi connectivity index (χ4n) is 2.82. The van der Waals surface area contributed by atoms with Gasteiger partial charge in [-0.05, 0) is 23.5 Å². The summed E-state index contributed by atoms with van der Waals surface area (Å²) in [5.41, 5.74) is 1.89. The monoisotopic (exact) mass is 423 g/mol. The van der Waals surface area contributed by atoms with Gasteiger partial charge in [0.15, 0.2) is 6.10 Å². The number of nitrogens with one attached hydrogen (secondary N) is 2. The van der Waals surface area contributed by atoms with Crippen molar-refractivity contribution in [1.29, 1.82) is 5.26 Å². The minimum Gasteiger partial charge on any atom is -0.436 e. The van der Waals surface area contributed by atoms with E-state index in [9.17, 15) is 14.9 Å². The van der Waals surface area contributed by atoms with Crippen LogP contribution in [-0.2, 0) is 27.4 Å². The highest BCUT2D eigenvalue weighted by atomic mass is 16.6. The minimum atomic E-state index is -0.999. The van der Waals surface area contributed by atoms with E-state index in [-0.39, 0.29) is 12.5 Å². The predicted molar refractivity (Wildman–Crippen MR) is 117 cm³/mol. The van der Waals surface area contributed by atoms with Crippen LogP contribution in [0.5, 0.6) is 0 Å². The Morgan fingerprint density at radius 1 is 1.00 bits per heavy atom. The third-order valence-corrected chi connectivity index (χ3v) is 4.38. The van der Waals surface area contributed by atoms with Crippen molar-refractivity contribution < 1.29 is 19.1 Å². The van der Waals surface area contributed by atoms with Gasteiger partial charge in [0.25, 0.3) is 5.91 Å². The molecule has 7 nitrogen and oxygen atoms in total. The third kappa shape index (κ3) is 9.32. The molecule has 164 valence electrons. The summed E-state index contributed by atoms with van der Waals surface area (Å²) in [7, 11) is 0. The molecule has 2 N–H and O–H groups in total. The van der Waals surface area contributed by atoms with Crippen LogP contribution >= 0.6 is 0 Å². The number of alkyl carbamates (subject to hydrolysis) is 1. The Morgan fingerprint density at radius 2 is 1.61 bits per heavy atom. The quantitative estimate of drug-likeness (QED) is 0.576. The molecule has 0 saturated heterocycles. The lowest BCUT2D eigenvalue weighted by Crippen LogP contribution is -2.46. The second kappa shape index (κ2) is 13.0. The molecule has 0 aliphatic heterocycles. The van der Waals surface area contributed by atoms with Crippen molar-refractivity contribution in [2.45, 2.75) is 45.6 Å². The van der Waals surface area contributed by atoms with Crippen LogP contribution in [0.15, 0.2) is 60.7 Å². The maximum atomic E-state index is 12.7. The van der Waals surface area contributed by atoms with Crippen molar-refractivity contribution in [3.63, 3.8) is 0 Å². The summed E-state index contributed by atoms with van der Waals surface area (Å²) in [6.07, 6.45) is -1.34. The van der Waals surface area contributed by atoms with Crippen molar-refractivity contribution in [1.82, 2.24) is 10.6 Å². The van der Waals surface area contributed by atoms with Crippen LogP contribution in [0.4, 0.5) is 4.79 Å². The van der Waals surface area contributed by atoms with Crippen LogP contribution in [0.2, 0.25) is 0 Å². The fourth-order valence-corrected chi connectivity index (χ4v) is 2.82. The van der Waals surface area contributed by atoms with E-state index in [0.717, 1.165) is 11.1 Å². The average Bonchev–Trinajstić information content (AvgIpc) is 2.77. The Balaban J connectivity index is 1.85. The van der Waals surface area contributed by atoms with E-state index in [4.69, 9.17) is 9.47 Å². The van der Waals surface area contributed by atoms with Gasteiger partial charge in [-0.3, -0.25) is 4.79 Å². The van der Waals surface area contributed by atoms with Crippen LogP contribution in [0.1, 0.15) is 31.4 Å². The van der Waals surface area contributed by atoms with Crippen LogP contribution < -0.4 is 10.6 Å². The molecule has 2 amide bonds. The molecular formula is C24H29N3O4. The molecule has 0 bridgehead atoms. The summed E-state index contributed by atoms with van der Waals surface area (Å²) in [4.78, 5) is 24.9. The average molecular weight is 424 g/mol. The highest BCUT2D eigenvalue weighted by Crippen LogP contribution is 2.10. The van der Waals surface area contributed by atoms with Crippen molar-refractivity contribution in [2.24, 2.45) is 5.92 Å². The Kier molecular flexibility index (Phi) is 10.1. The molecule has 0 aliphatic rings. The molecule has 0 aromatic heterocycles. The maximum Gasteiger partial charge on any atom is 0.408 e. The lowest BCUT2D eigenvalue weighted by molar-refractivity contribution is -0.131. The van der Waals surface area contributed by atoms with E-state index in [1.54, 1.807) is 0 Å². The number of ether oxygens (including phenoxy) is 2. The zero-order valence-electron chi connectivity index (χ0n) is 17.9. The van der Waals surface area contributed by atoms with Gasteiger partial charge in [0.2, 0.25) is 0 Å². The fraction of sp³-hybridized carbons (Fsp3) is 0.375. The molecule has 2 aromatic rings. The Bertz CT molecular complexity index is 850. The molecule has 0 heterocycles. The van der Waals surface area contributed by atoms with Gasteiger partial charge in [-0.1, -0.05) is 74.5 Å². The molecule has 0 saturated carbocycles. The molecule has 0 unspecified atom stereocenters. The van der Waals surface area contributed by atoms with Gasteiger partial charge in [0.1, 0.15) is 6.04 Å². The summed E-state index contributed by atoms with van der Waals surface area (Å²) in [6, 6.07) is 20.1. The number of hydrogen-bond donors (Lipinski definition) is 2. The van der Waals surface area contributed by atoms with E-state index in [0.29, 0.717) is 19.6 Å². The number of hydrogen-bond acceptors (Lipinski definition) is 5. The van der Waals surface area contributed by atoms with E-state index in [1.807, 2.05) is 80.6 Å². The van der Waals surface area contributed by atoms with E-state index in [1.165, 1.54) is 0 Å². The number of nitriles is 1. The number of nitrogens with zero attached hydrogens (tertiary/aromatic N) is 1. The molecule has 0 radical (unpaired) electrons. The van der Waals surface area contributed by atoms with Crippen LogP contribution in [0.25, 0.3) is 0 Å². The molecule has 2 atom stereocenters. The number of amides is 2. The Hall–Kier alpha value is -3.37. The molecule has 0 spiro atoms. The minimum absolute atomic E-state index is 0.0335. The highest BCUT2D eigenvalue weighted by molar-refractivity contribution is 5.84. The zero-order chi connectivity index (χ0) is 22.5. The van der Waals surface area contributed by atoms with Crippen molar-refractivity contribution in [2.75, 3.05) is 6.61 Å². The van der Waals surface area contributed by atoms with Gasteiger partial charge in [-0.25, -0.2) is 4.79 Å². The molecule has 2 rings (SSSR count). The van der Waals surface area contributed by atoms with Gasteiger partial charge < -0.3 is 20.1 Å². The summed E-state index contributed by atoms with van der Waals surface area (Å²) in [6.45, 7) is 4.52. The first kappa shape index (κ1) is 23.9. The number of carbonyl (C=O) groups excluding carboxylic acids is 2. The van der Waals surface area contributed by atoms with Crippen molar-refractivity contribution >= 4 is 12.0 Å².